The Labute approximate surface area is 153 Å². The quantitative estimate of drug-likeness (QED) is 0.572. The molecule has 0 fully saturated rings. The van der Waals surface area contributed by atoms with Crippen molar-refractivity contribution in [3.8, 4) is 0 Å². The Hall–Kier alpha value is -2.37. The van der Waals surface area contributed by atoms with Crippen molar-refractivity contribution in [1.82, 2.24) is 4.98 Å². The van der Waals surface area contributed by atoms with E-state index in [1.807, 2.05) is 44.3 Å². The number of para-hydroxylation sites is 1. The van der Waals surface area contributed by atoms with Gasteiger partial charge in [0, 0.05) is 17.0 Å². The van der Waals surface area contributed by atoms with E-state index in [0.717, 1.165) is 32.6 Å². The highest BCUT2D eigenvalue weighted by Crippen LogP contribution is 2.32. The molecule has 0 atom stereocenters. The number of rotatable bonds is 4. The van der Waals surface area contributed by atoms with Crippen LogP contribution >= 0.6 is 0 Å². The number of hydrogen-bond acceptors (Lipinski definition) is 4. The van der Waals surface area contributed by atoms with Gasteiger partial charge in [0.15, 0.2) is 0 Å². The molecule has 132 valence electrons. The average Bonchev–Trinajstić information content (AvgIpc) is 2.98. The minimum Gasteiger partial charge on any atom is -0.438 e. The van der Waals surface area contributed by atoms with Gasteiger partial charge in [-0.3, -0.25) is 0 Å². The lowest BCUT2D eigenvalue weighted by molar-refractivity contribution is -0.0893. The lowest BCUT2D eigenvalue weighted by atomic mass is 9.82. The zero-order chi connectivity index (χ0) is 18.5. The van der Waals surface area contributed by atoms with Gasteiger partial charge in [0.2, 0.25) is 5.71 Å². The van der Waals surface area contributed by atoms with Gasteiger partial charge in [-0.25, -0.2) is 4.98 Å². The lowest BCUT2D eigenvalue weighted by Crippen LogP contribution is -2.49. The summed E-state index contributed by atoms with van der Waals surface area (Å²) in [5.74, 6) is 0. The van der Waals surface area contributed by atoms with Crippen LogP contribution < -0.4 is 5.46 Å². The smallest absolute Gasteiger partial charge is 0.309 e. The predicted molar refractivity (Wildman–Crippen MR) is 107 cm³/mol. The van der Waals surface area contributed by atoms with Gasteiger partial charge in [-0.15, -0.1) is 0 Å². The van der Waals surface area contributed by atoms with E-state index >= 15 is 0 Å². The van der Waals surface area contributed by atoms with Gasteiger partial charge < -0.3 is 14.2 Å². The number of fused-ring (bicyclic) bond motifs is 5. The second-order valence-corrected chi connectivity index (χ2v) is 7.82. The van der Waals surface area contributed by atoms with Crippen LogP contribution in [0.3, 0.4) is 0 Å². The molecule has 0 radical (unpaired) electrons. The standard InChI is InChI=1S/C21H22BNO3/c1-20(2,24)21(3,4)26-22-14-10-9-13-12-23-19-18(16(13)11-14)15-7-5-6-8-17(15)25-19/h5-12,22,24H,1-4H3. The molecule has 0 bridgehead atoms. The molecule has 5 heteroatoms. The number of nitrogens with zero attached hydrogens (tertiary/aromatic N) is 1. The molecule has 2 heterocycles. The average molecular weight is 347 g/mol. The third-order valence-corrected chi connectivity index (χ3v) is 5.36. The van der Waals surface area contributed by atoms with Gasteiger partial charge in [0.05, 0.1) is 16.6 Å². The van der Waals surface area contributed by atoms with Crippen LogP contribution in [0.25, 0.3) is 32.8 Å². The number of furan rings is 1. The van der Waals surface area contributed by atoms with Crippen molar-refractivity contribution >= 4 is 45.8 Å². The molecule has 0 amide bonds. The molecule has 0 saturated carbocycles. The molecule has 0 unspecified atom stereocenters. The van der Waals surface area contributed by atoms with Crippen LogP contribution in [0.4, 0.5) is 0 Å². The number of benzene rings is 2. The van der Waals surface area contributed by atoms with E-state index in [1.54, 1.807) is 13.8 Å². The van der Waals surface area contributed by atoms with Crippen molar-refractivity contribution < 1.29 is 14.2 Å². The van der Waals surface area contributed by atoms with E-state index in [2.05, 4.69) is 23.2 Å². The van der Waals surface area contributed by atoms with Gasteiger partial charge in [-0.05, 0) is 39.1 Å². The second-order valence-electron chi connectivity index (χ2n) is 7.82. The van der Waals surface area contributed by atoms with Crippen molar-refractivity contribution in [3.63, 3.8) is 0 Å². The van der Waals surface area contributed by atoms with Crippen LogP contribution in [0.5, 0.6) is 0 Å². The topological polar surface area (TPSA) is 55.5 Å². The number of aromatic nitrogens is 1. The van der Waals surface area contributed by atoms with Gasteiger partial charge in [-0.1, -0.05) is 41.9 Å². The molecule has 1 N–H and O–H groups in total. The van der Waals surface area contributed by atoms with Crippen LogP contribution in [-0.2, 0) is 4.65 Å². The maximum Gasteiger partial charge on any atom is 0.309 e. The Balaban J connectivity index is 1.80. The van der Waals surface area contributed by atoms with E-state index in [9.17, 15) is 5.11 Å². The molecule has 0 aliphatic carbocycles. The molecule has 0 spiro atoms. The summed E-state index contributed by atoms with van der Waals surface area (Å²) in [6.07, 6.45) is 1.84. The lowest BCUT2D eigenvalue weighted by Gasteiger charge is -2.37. The first-order valence-electron chi connectivity index (χ1n) is 8.81. The molecule has 0 saturated heterocycles. The minimum absolute atomic E-state index is 0.423. The van der Waals surface area contributed by atoms with Crippen molar-refractivity contribution in [2.24, 2.45) is 0 Å². The summed E-state index contributed by atoms with van der Waals surface area (Å²) >= 11 is 0. The van der Waals surface area contributed by atoms with Crippen LogP contribution in [0.1, 0.15) is 27.7 Å². The molecule has 2 aromatic heterocycles. The summed E-state index contributed by atoms with van der Waals surface area (Å²) in [6, 6.07) is 14.2. The monoisotopic (exact) mass is 347 g/mol. The molecular weight excluding hydrogens is 325 g/mol. The Bertz CT molecular complexity index is 1110. The zero-order valence-corrected chi connectivity index (χ0v) is 15.5. The van der Waals surface area contributed by atoms with Gasteiger partial charge in [0.25, 0.3) is 0 Å². The fourth-order valence-corrected chi connectivity index (χ4v) is 2.97. The summed E-state index contributed by atoms with van der Waals surface area (Å²) in [4.78, 5) is 4.46. The Morgan fingerprint density at radius 2 is 1.81 bits per heavy atom. The first kappa shape index (κ1) is 17.1. The molecule has 26 heavy (non-hydrogen) atoms. The Kier molecular flexibility index (Phi) is 3.83. The van der Waals surface area contributed by atoms with Crippen molar-refractivity contribution in [2.45, 2.75) is 38.9 Å². The van der Waals surface area contributed by atoms with Crippen LogP contribution in [0.2, 0.25) is 0 Å². The van der Waals surface area contributed by atoms with Gasteiger partial charge >= 0.3 is 7.48 Å². The molecule has 2 aromatic carbocycles. The fourth-order valence-electron chi connectivity index (χ4n) is 2.97. The predicted octanol–water partition coefficient (Wildman–Crippen LogP) is 3.68. The highest BCUT2D eigenvalue weighted by molar-refractivity contribution is 6.47. The van der Waals surface area contributed by atoms with Crippen LogP contribution in [-0.4, -0.2) is 28.8 Å². The first-order chi connectivity index (χ1) is 12.3. The number of hydrogen-bond donors (Lipinski definition) is 1. The summed E-state index contributed by atoms with van der Waals surface area (Å²) in [6.45, 7) is 7.33. The Morgan fingerprint density at radius 1 is 1.04 bits per heavy atom. The van der Waals surface area contributed by atoms with Crippen molar-refractivity contribution in [2.75, 3.05) is 0 Å². The molecule has 0 aliphatic heterocycles. The van der Waals surface area contributed by atoms with Gasteiger partial charge in [0.1, 0.15) is 5.58 Å². The normalized spacial score (nSPS) is 13.0. The summed E-state index contributed by atoms with van der Waals surface area (Å²) in [5.41, 5.74) is 0.952. The largest absolute Gasteiger partial charge is 0.438 e. The summed E-state index contributed by atoms with van der Waals surface area (Å²) in [7, 11) is 0.423. The molecule has 0 aliphatic rings. The molecule has 4 rings (SSSR count). The van der Waals surface area contributed by atoms with E-state index in [1.165, 1.54) is 0 Å². The van der Waals surface area contributed by atoms with Crippen LogP contribution in [0, 0.1) is 0 Å². The third kappa shape index (κ3) is 2.77. The molecule has 4 nitrogen and oxygen atoms in total. The van der Waals surface area contributed by atoms with E-state index in [4.69, 9.17) is 9.07 Å². The minimum atomic E-state index is -0.929. The highest BCUT2D eigenvalue weighted by atomic mass is 16.5. The fraction of sp³-hybridized carbons (Fsp3) is 0.286. The SMILES string of the molecule is CC(C)(O)C(C)(C)OBc1ccc2cnc3oc4ccccc4c3c2c1. The third-order valence-electron chi connectivity index (χ3n) is 5.36. The number of aliphatic hydroxyl groups is 1. The van der Waals surface area contributed by atoms with E-state index < -0.39 is 11.2 Å². The Morgan fingerprint density at radius 3 is 2.58 bits per heavy atom. The summed E-state index contributed by atoms with van der Waals surface area (Å²) in [5, 5.41) is 14.5. The van der Waals surface area contributed by atoms with Gasteiger partial charge in [-0.2, -0.15) is 0 Å². The number of pyridine rings is 1. The maximum absolute atomic E-state index is 10.3. The van der Waals surface area contributed by atoms with E-state index in [-0.39, 0.29) is 0 Å². The zero-order valence-electron chi connectivity index (χ0n) is 15.5. The highest BCUT2D eigenvalue weighted by Gasteiger charge is 2.35. The maximum atomic E-state index is 10.3. The van der Waals surface area contributed by atoms with E-state index in [0.29, 0.717) is 13.2 Å². The summed E-state index contributed by atoms with van der Waals surface area (Å²) < 4.78 is 11.9. The van der Waals surface area contributed by atoms with Crippen LogP contribution in [0.15, 0.2) is 53.1 Å². The first-order valence-corrected chi connectivity index (χ1v) is 8.81. The van der Waals surface area contributed by atoms with Crippen molar-refractivity contribution in [1.29, 1.82) is 0 Å². The second kappa shape index (κ2) is 5.83. The van der Waals surface area contributed by atoms with Crippen molar-refractivity contribution in [3.05, 3.63) is 48.7 Å². The molecule has 4 aromatic rings. The molecular formula is C21H22BNO3.